The van der Waals surface area contributed by atoms with Gasteiger partial charge in [-0.3, -0.25) is 4.79 Å². The molecule has 0 atom stereocenters. The first kappa shape index (κ1) is 11.5. The molecule has 0 fully saturated rings. The van der Waals surface area contributed by atoms with Crippen molar-refractivity contribution < 1.29 is 4.79 Å². The molecule has 1 amide bonds. The highest BCUT2D eigenvalue weighted by atomic mass is 16.1. The third-order valence-electron chi connectivity index (χ3n) is 1.98. The van der Waals surface area contributed by atoms with Gasteiger partial charge in [0.25, 0.3) is 0 Å². The van der Waals surface area contributed by atoms with Crippen molar-refractivity contribution in [3.8, 4) is 0 Å². The zero-order valence-electron chi connectivity index (χ0n) is 9.07. The van der Waals surface area contributed by atoms with Crippen LogP contribution in [0.1, 0.15) is 26.2 Å². The van der Waals surface area contributed by atoms with Crippen molar-refractivity contribution in [2.24, 2.45) is 0 Å². The predicted molar refractivity (Wildman–Crippen MR) is 63.7 cm³/mol. The van der Waals surface area contributed by atoms with Crippen LogP contribution in [0.3, 0.4) is 0 Å². The van der Waals surface area contributed by atoms with E-state index in [2.05, 4.69) is 12.2 Å². The molecule has 0 aliphatic rings. The van der Waals surface area contributed by atoms with Crippen LogP contribution in [0, 0.1) is 0 Å². The Morgan fingerprint density at radius 1 is 1.27 bits per heavy atom. The standard InChI is InChI=1S/C13H17NO/c1-2-3-4-8-11-13(15)14-12-9-6-5-7-10-12/h4-10H,2-3,11H2,1H3,(H,14,15)/b8-4+. The minimum absolute atomic E-state index is 0.0357. The molecule has 1 rings (SSSR count). The second-order valence-electron chi connectivity index (χ2n) is 3.38. The maximum absolute atomic E-state index is 11.4. The quantitative estimate of drug-likeness (QED) is 0.730. The van der Waals surface area contributed by atoms with Gasteiger partial charge in [-0.15, -0.1) is 0 Å². The van der Waals surface area contributed by atoms with Crippen molar-refractivity contribution in [2.45, 2.75) is 26.2 Å². The molecule has 2 nitrogen and oxygen atoms in total. The van der Waals surface area contributed by atoms with Crippen molar-refractivity contribution in [2.75, 3.05) is 5.32 Å². The van der Waals surface area contributed by atoms with Gasteiger partial charge in [-0.2, -0.15) is 0 Å². The Hall–Kier alpha value is -1.57. The molecule has 0 unspecified atom stereocenters. The zero-order chi connectivity index (χ0) is 10.9. The fourth-order valence-corrected chi connectivity index (χ4v) is 1.21. The normalized spacial score (nSPS) is 10.5. The van der Waals surface area contributed by atoms with E-state index in [1.807, 2.05) is 42.5 Å². The molecule has 0 heterocycles. The second-order valence-corrected chi connectivity index (χ2v) is 3.38. The van der Waals surface area contributed by atoms with E-state index in [1.165, 1.54) is 0 Å². The van der Waals surface area contributed by atoms with Gasteiger partial charge in [-0.1, -0.05) is 43.7 Å². The Kier molecular flexibility index (Phi) is 5.23. The van der Waals surface area contributed by atoms with Crippen LogP contribution in [0.4, 0.5) is 5.69 Å². The van der Waals surface area contributed by atoms with Crippen LogP contribution in [-0.2, 0) is 4.79 Å². The lowest BCUT2D eigenvalue weighted by molar-refractivity contribution is -0.115. The molecule has 2 heteroatoms. The van der Waals surface area contributed by atoms with Gasteiger partial charge in [-0.25, -0.2) is 0 Å². The van der Waals surface area contributed by atoms with Crippen LogP contribution in [0.25, 0.3) is 0 Å². The highest BCUT2D eigenvalue weighted by molar-refractivity contribution is 5.91. The number of unbranched alkanes of at least 4 members (excludes halogenated alkanes) is 1. The molecule has 0 bridgehead atoms. The van der Waals surface area contributed by atoms with E-state index in [4.69, 9.17) is 0 Å². The number of para-hydroxylation sites is 1. The molecule has 80 valence electrons. The first-order valence-electron chi connectivity index (χ1n) is 5.33. The maximum atomic E-state index is 11.4. The van der Waals surface area contributed by atoms with Gasteiger partial charge >= 0.3 is 0 Å². The molecule has 0 spiro atoms. The third-order valence-corrected chi connectivity index (χ3v) is 1.98. The number of hydrogen-bond donors (Lipinski definition) is 1. The van der Waals surface area contributed by atoms with Gasteiger partial charge in [0.15, 0.2) is 0 Å². The summed E-state index contributed by atoms with van der Waals surface area (Å²) in [4.78, 5) is 11.4. The van der Waals surface area contributed by atoms with Crippen LogP contribution in [0.5, 0.6) is 0 Å². The van der Waals surface area contributed by atoms with Crippen LogP contribution >= 0.6 is 0 Å². The zero-order valence-corrected chi connectivity index (χ0v) is 9.07. The molecule has 0 aliphatic heterocycles. The molecule has 0 radical (unpaired) electrons. The third kappa shape index (κ3) is 5.01. The van der Waals surface area contributed by atoms with E-state index in [1.54, 1.807) is 0 Å². The lowest BCUT2D eigenvalue weighted by Gasteiger charge is -2.01. The maximum Gasteiger partial charge on any atom is 0.228 e. The van der Waals surface area contributed by atoms with Gasteiger partial charge in [0.2, 0.25) is 5.91 Å². The highest BCUT2D eigenvalue weighted by Crippen LogP contribution is 2.05. The summed E-state index contributed by atoms with van der Waals surface area (Å²) in [6.45, 7) is 2.12. The fourth-order valence-electron chi connectivity index (χ4n) is 1.21. The van der Waals surface area contributed by atoms with Crippen molar-refractivity contribution in [1.29, 1.82) is 0 Å². The number of carbonyl (C=O) groups is 1. The molecular formula is C13H17NO. The number of amides is 1. The summed E-state index contributed by atoms with van der Waals surface area (Å²) in [5, 5.41) is 2.83. The monoisotopic (exact) mass is 203 g/mol. The Morgan fingerprint density at radius 3 is 2.67 bits per heavy atom. The fraction of sp³-hybridized carbons (Fsp3) is 0.308. The van der Waals surface area contributed by atoms with E-state index in [0.717, 1.165) is 18.5 Å². The summed E-state index contributed by atoms with van der Waals surface area (Å²) in [6, 6.07) is 9.50. The van der Waals surface area contributed by atoms with Crippen molar-refractivity contribution in [3.63, 3.8) is 0 Å². The lowest BCUT2D eigenvalue weighted by atomic mass is 10.2. The summed E-state index contributed by atoms with van der Waals surface area (Å²) in [5.41, 5.74) is 0.853. The number of allylic oxidation sites excluding steroid dienone is 1. The predicted octanol–water partition coefficient (Wildman–Crippen LogP) is 3.37. The number of anilines is 1. The Morgan fingerprint density at radius 2 is 2.00 bits per heavy atom. The average molecular weight is 203 g/mol. The van der Waals surface area contributed by atoms with E-state index < -0.39 is 0 Å². The molecule has 1 aromatic rings. The second kappa shape index (κ2) is 6.82. The number of rotatable bonds is 5. The Balaban J connectivity index is 2.31. The molecule has 0 aromatic heterocycles. The van der Waals surface area contributed by atoms with E-state index in [-0.39, 0.29) is 5.91 Å². The number of nitrogens with one attached hydrogen (secondary N) is 1. The van der Waals surface area contributed by atoms with Crippen LogP contribution in [0.2, 0.25) is 0 Å². The Bertz CT molecular complexity index is 317. The highest BCUT2D eigenvalue weighted by Gasteiger charge is 1.97. The SMILES string of the molecule is CCC/C=C/CC(=O)Nc1ccccc1. The summed E-state index contributed by atoms with van der Waals surface area (Å²) in [7, 11) is 0. The molecule has 1 N–H and O–H groups in total. The topological polar surface area (TPSA) is 29.1 Å². The molecule has 1 aromatic carbocycles. The summed E-state index contributed by atoms with van der Waals surface area (Å²) < 4.78 is 0. The van der Waals surface area contributed by atoms with E-state index in [9.17, 15) is 4.79 Å². The van der Waals surface area contributed by atoms with Gasteiger partial charge < -0.3 is 5.32 Å². The van der Waals surface area contributed by atoms with Crippen LogP contribution < -0.4 is 5.32 Å². The van der Waals surface area contributed by atoms with Crippen LogP contribution in [-0.4, -0.2) is 5.91 Å². The first-order valence-corrected chi connectivity index (χ1v) is 5.33. The molecule has 0 aliphatic carbocycles. The largest absolute Gasteiger partial charge is 0.326 e. The van der Waals surface area contributed by atoms with E-state index in [0.29, 0.717) is 6.42 Å². The molecule has 0 saturated carbocycles. The summed E-state index contributed by atoms with van der Waals surface area (Å²) in [6.07, 6.45) is 6.58. The minimum Gasteiger partial charge on any atom is -0.326 e. The molecule has 15 heavy (non-hydrogen) atoms. The van der Waals surface area contributed by atoms with Gasteiger partial charge in [0.05, 0.1) is 0 Å². The van der Waals surface area contributed by atoms with Crippen LogP contribution in [0.15, 0.2) is 42.5 Å². The number of carbonyl (C=O) groups excluding carboxylic acids is 1. The summed E-state index contributed by atoms with van der Waals surface area (Å²) >= 11 is 0. The number of hydrogen-bond acceptors (Lipinski definition) is 1. The molecule has 0 saturated heterocycles. The van der Waals surface area contributed by atoms with Gasteiger partial charge in [0, 0.05) is 12.1 Å². The smallest absolute Gasteiger partial charge is 0.228 e. The number of benzene rings is 1. The Labute approximate surface area is 91.0 Å². The average Bonchev–Trinajstić information content (AvgIpc) is 2.26. The first-order chi connectivity index (χ1) is 7.33. The van der Waals surface area contributed by atoms with Gasteiger partial charge in [0.1, 0.15) is 0 Å². The molecular weight excluding hydrogens is 186 g/mol. The summed E-state index contributed by atoms with van der Waals surface area (Å²) in [5.74, 6) is 0.0357. The van der Waals surface area contributed by atoms with Gasteiger partial charge in [-0.05, 0) is 18.6 Å². The lowest BCUT2D eigenvalue weighted by Crippen LogP contribution is -2.09. The van der Waals surface area contributed by atoms with E-state index >= 15 is 0 Å². The van der Waals surface area contributed by atoms with Crippen molar-refractivity contribution in [3.05, 3.63) is 42.5 Å². The van der Waals surface area contributed by atoms with Crippen molar-refractivity contribution >= 4 is 11.6 Å². The minimum atomic E-state index is 0.0357. The van der Waals surface area contributed by atoms with Crippen molar-refractivity contribution in [1.82, 2.24) is 0 Å².